The molecule has 0 atom stereocenters. The maximum Gasteiger partial charge on any atom is 0.318 e. The minimum Gasteiger partial charge on any atom is -0.480 e. The molecule has 0 aliphatic carbocycles. The molecule has 0 saturated heterocycles. The van der Waals surface area contributed by atoms with Gasteiger partial charge in [0.2, 0.25) is 10.0 Å². The molecule has 0 fully saturated rings. The Morgan fingerprint density at radius 3 is 2.67 bits per heavy atom. The van der Waals surface area contributed by atoms with Crippen molar-refractivity contribution in [2.75, 3.05) is 6.54 Å². The predicted octanol–water partition coefficient (Wildman–Crippen LogP) is -0.795. The molecule has 0 aliphatic rings. The Kier molecular flexibility index (Phi) is 4.72. The standard InChI is InChI=1S/C6H9N3O4S.ClH/c1-9-4-5(2-7-9)14(12,13)8-3-6(10)11;/h2,4,8H,3H2,1H3,(H,10,11);1H. The van der Waals surface area contributed by atoms with Gasteiger partial charge in [0.25, 0.3) is 0 Å². The summed E-state index contributed by atoms with van der Waals surface area (Å²) in [6.07, 6.45) is 2.42. The summed E-state index contributed by atoms with van der Waals surface area (Å²) < 4.78 is 25.9. The van der Waals surface area contributed by atoms with Crippen LogP contribution in [0.4, 0.5) is 0 Å². The lowest BCUT2D eigenvalue weighted by Crippen LogP contribution is -2.29. The Hall–Kier alpha value is -1.12. The van der Waals surface area contributed by atoms with Crippen LogP contribution in [0.5, 0.6) is 0 Å². The number of rotatable bonds is 4. The maximum absolute atomic E-state index is 11.3. The van der Waals surface area contributed by atoms with Gasteiger partial charge in [-0.05, 0) is 0 Å². The van der Waals surface area contributed by atoms with Crippen molar-refractivity contribution >= 4 is 28.4 Å². The molecule has 0 bridgehead atoms. The Bertz CT molecular complexity index is 441. The first kappa shape index (κ1) is 13.9. The fourth-order valence-electron chi connectivity index (χ4n) is 0.778. The van der Waals surface area contributed by atoms with E-state index in [4.69, 9.17) is 5.11 Å². The van der Waals surface area contributed by atoms with Crippen LogP contribution in [0.3, 0.4) is 0 Å². The smallest absolute Gasteiger partial charge is 0.318 e. The van der Waals surface area contributed by atoms with Crippen LogP contribution in [-0.2, 0) is 21.9 Å². The normalized spacial score (nSPS) is 10.7. The molecule has 0 spiro atoms. The second kappa shape index (κ2) is 5.10. The number of sulfonamides is 1. The van der Waals surface area contributed by atoms with Gasteiger partial charge in [-0.2, -0.15) is 9.82 Å². The van der Waals surface area contributed by atoms with Gasteiger partial charge in [0.05, 0.1) is 6.20 Å². The number of nitrogens with zero attached hydrogens (tertiary/aromatic N) is 2. The lowest BCUT2D eigenvalue weighted by atomic mass is 10.7. The van der Waals surface area contributed by atoms with E-state index in [-0.39, 0.29) is 17.3 Å². The van der Waals surface area contributed by atoms with E-state index in [0.29, 0.717) is 0 Å². The van der Waals surface area contributed by atoms with Crippen molar-refractivity contribution in [3.63, 3.8) is 0 Å². The Morgan fingerprint density at radius 2 is 2.27 bits per heavy atom. The Balaban J connectivity index is 0.00000196. The van der Waals surface area contributed by atoms with Gasteiger partial charge in [-0.15, -0.1) is 12.4 Å². The number of hydrogen-bond donors (Lipinski definition) is 2. The van der Waals surface area contributed by atoms with Crippen LogP contribution in [0.1, 0.15) is 0 Å². The quantitative estimate of drug-likeness (QED) is 0.734. The molecule has 2 N–H and O–H groups in total. The van der Waals surface area contributed by atoms with E-state index < -0.39 is 22.5 Å². The Morgan fingerprint density at radius 1 is 1.67 bits per heavy atom. The molecule has 0 aromatic carbocycles. The van der Waals surface area contributed by atoms with E-state index in [0.717, 1.165) is 6.20 Å². The summed E-state index contributed by atoms with van der Waals surface area (Å²) in [5.41, 5.74) is 0. The SMILES string of the molecule is Cl.Cn1cc(S(=O)(=O)NCC(=O)O)cn1. The number of aliphatic carboxylic acids is 1. The minimum absolute atomic E-state index is 0. The molecular weight excluding hydrogens is 246 g/mol. The summed E-state index contributed by atoms with van der Waals surface area (Å²) in [5.74, 6) is -1.24. The van der Waals surface area contributed by atoms with Crippen molar-refractivity contribution in [2.45, 2.75) is 4.90 Å². The van der Waals surface area contributed by atoms with E-state index in [1.807, 2.05) is 4.72 Å². The third-order valence-electron chi connectivity index (χ3n) is 1.40. The number of carboxylic acids is 1. The molecule has 86 valence electrons. The van der Waals surface area contributed by atoms with Gasteiger partial charge in [0.1, 0.15) is 11.4 Å². The Labute approximate surface area is 92.6 Å². The van der Waals surface area contributed by atoms with Crippen LogP contribution in [0.25, 0.3) is 0 Å². The maximum atomic E-state index is 11.3. The van der Waals surface area contributed by atoms with Crippen LogP contribution in [0, 0.1) is 0 Å². The first-order valence-corrected chi connectivity index (χ1v) is 5.10. The van der Waals surface area contributed by atoms with E-state index in [1.165, 1.54) is 10.9 Å². The highest BCUT2D eigenvalue weighted by Crippen LogP contribution is 2.04. The molecule has 0 radical (unpaired) electrons. The second-order valence-electron chi connectivity index (χ2n) is 2.57. The summed E-state index contributed by atoms with van der Waals surface area (Å²) in [7, 11) is -2.18. The number of carboxylic acid groups (broad SMARTS) is 1. The highest BCUT2D eigenvalue weighted by atomic mass is 35.5. The molecule has 0 unspecified atom stereocenters. The summed E-state index contributed by atoms with van der Waals surface area (Å²) in [6, 6.07) is 0. The zero-order valence-corrected chi connectivity index (χ0v) is 9.38. The van der Waals surface area contributed by atoms with Gasteiger partial charge >= 0.3 is 5.97 Å². The van der Waals surface area contributed by atoms with Crippen LogP contribution < -0.4 is 4.72 Å². The predicted molar refractivity (Wildman–Crippen MR) is 53.3 cm³/mol. The molecule has 1 aromatic rings. The summed E-state index contributed by atoms with van der Waals surface area (Å²) >= 11 is 0. The van der Waals surface area contributed by atoms with Gasteiger partial charge in [-0.25, -0.2) is 8.42 Å². The number of carbonyl (C=O) groups is 1. The van der Waals surface area contributed by atoms with Crippen LogP contribution in [0.2, 0.25) is 0 Å². The van der Waals surface area contributed by atoms with E-state index in [9.17, 15) is 13.2 Å². The fraction of sp³-hybridized carbons (Fsp3) is 0.333. The minimum atomic E-state index is -3.75. The van der Waals surface area contributed by atoms with Crippen molar-refractivity contribution in [3.8, 4) is 0 Å². The third kappa shape index (κ3) is 3.86. The molecule has 0 saturated carbocycles. The molecular formula is C6H10ClN3O4S. The van der Waals surface area contributed by atoms with E-state index in [1.54, 1.807) is 7.05 Å². The van der Waals surface area contributed by atoms with Gasteiger partial charge in [0, 0.05) is 13.2 Å². The summed E-state index contributed by atoms with van der Waals surface area (Å²) in [6.45, 7) is -0.642. The van der Waals surface area contributed by atoms with Gasteiger partial charge in [-0.3, -0.25) is 9.48 Å². The highest BCUT2D eigenvalue weighted by molar-refractivity contribution is 7.89. The second-order valence-corrected chi connectivity index (χ2v) is 4.33. The number of aromatic nitrogens is 2. The molecule has 0 amide bonds. The van der Waals surface area contributed by atoms with Crippen molar-refractivity contribution < 1.29 is 18.3 Å². The topological polar surface area (TPSA) is 101 Å². The van der Waals surface area contributed by atoms with Crippen LogP contribution >= 0.6 is 12.4 Å². The number of nitrogens with one attached hydrogen (secondary N) is 1. The third-order valence-corrected chi connectivity index (χ3v) is 2.76. The van der Waals surface area contributed by atoms with Crippen molar-refractivity contribution in [2.24, 2.45) is 7.05 Å². The average molecular weight is 256 g/mol. The lowest BCUT2D eigenvalue weighted by molar-refractivity contribution is -0.135. The zero-order valence-electron chi connectivity index (χ0n) is 7.74. The summed E-state index contributed by atoms with van der Waals surface area (Å²) in [4.78, 5) is 10.1. The van der Waals surface area contributed by atoms with E-state index in [2.05, 4.69) is 5.10 Å². The van der Waals surface area contributed by atoms with Crippen molar-refractivity contribution in [1.82, 2.24) is 14.5 Å². The molecule has 0 aliphatic heterocycles. The lowest BCUT2D eigenvalue weighted by Gasteiger charge is -1.99. The molecule has 9 heteroatoms. The number of hydrogen-bond acceptors (Lipinski definition) is 4. The van der Waals surface area contributed by atoms with Gasteiger partial charge < -0.3 is 5.11 Å². The number of aryl methyl sites for hydroxylation is 1. The fourth-order valence-corrected chi connectivity index (χ4v) is 1.74. The molecule has 7 nitrogen and oxygen atoms in total. The van der Waals surface area contributed by atoms with Gasteiger partial charge in [-0.1, -0.05) is 0 Å². The highest BCUT2D eigenvalue weighted by Gasteiger charge is 2.16. The molecule has 15 heavy (non-hydrogen) atoms. The zero-order chi connectivity index (χ0) is 10.8. The molecule has 1 heterocycles. The van der Waals surface area contributed by atoms with Gasteiger partial charge in [0.15, 0.2) is 0 Å². The number of halogens is 1. The first-order valence-electron chi connectivity index (χ1n) is 3.62. The largest absolute Gasteiger partial charge is 0.480 e. The van der Waals surface area contributed by atoms with Crippen LogP contribution in [-0.4, -0.2) is 35.8 Å². The first-order chi connectivity index (χ1) is 6.42. The van der Waals surface area contributed by atoms with Crippen molar-refractivity contribution in [1.29, 1.82) is 0 Å². The summed E-state index contributed by atoms with van der Waals surface area (Å²) in [5, 5.41) is 11.9. The van der Waals surface area contributed by atoms with Crippen molar-refractivity contribution in [3.05, 3.63) is 12.4 Å². The molecule has 1 aromatic heterocycles. The monoisotopic (exact) mass is 255 g/mol. The van der Waals surface area contributed by atoms with Crippen LogP contribution in [0.15, 0.2) is 17.3 Å². The average Bonchev–Trinajstić information content (AvgIpc) is 2.49. The van der Waals surface area contributed by atoms with E-state index >= 15 is 0 Å². The molecule has 1 rings (SSSR count).